The van der Waals surface area contributed by atoms with E-state index in [1.54, 1.807) is 0 Å². The summed E-state index contributed by atoms with van der Waals surface area (Å²) >= 11 is 0. The maximum Gasteiger partial charge on any atom is 0.0602 e. The number of rotatable bonds is 3. The van der Waals surface area contributed by atoms with E-state index in [1.165, 1.54) is 11.4 Å². The van der Waals surface area contributed by atoms with Crippen LogP contribution >= 0.6 is 0 Å². The smallest absolute Gasteiger partial charge is 0.0602 e. The number of nitrogens with zero attached hydrogens (tertiary/aromatic N) is 2. The average Bonchev–Trinajstić information content (AvgIpc) is 2.32. The van der Waals surface area contributed by atoms with E-state index in [0.717, 1.165) is 32.7 Å². The third-order valence-corrected chi connectivity index (χ3v) is 3.12. The minimum atomic E-state index is 0.977. The second-order valence-electron chi connectivity index (χ2n) is 4.34. The van der Waals surface area contributed by atoms with Gasteiger partial charge in [0.1, 0.15) is 0 Å². The summed E-state index contributed by atoms with van der Waals surface area (Å²) in [5.74, 6) is 0. The number of likely N-dealkylation sites (N-methyl/N-ethyl adjacent to an activating group) is 1. The maximum atomic E-state index is 3.43. The molecule has 0 radical (unpaired) electrons. The van der Waals surface area contributed by atoms with Gasteiger partial charge in [0.15, 0.2) is 0 Å². The molecule has 0 spiro atoms. The zero-order valence-corrected chi connectivity index (χ0v) is 10.2. The Bertz CT molecular complexity index is 330. The lowest BCUT2D eigenvalue weighted by atomic mass is 10.2. The molecule has 1 aliphatic heterocycles. The molecule has 3 nitrogen and oxygen atoms in total. The van der Waals surface area contributed by atoms with Gasteiger partial charge in [-0.25, -0.2) is 0 Å². The first-order valence-electron chi connectivity index (χ1n) is 6.07. The maximum absolute atomic E-state index is 3.43. The van der Waals surface area contributed by atoms with Crippen molar-refractivity contribution in [3.63, 3.8) is 0 Å². The van der Waals surface area contributed by atoms with Gasteiger partial charge in [-0.15, -0.1) is 0 Å². The molecular weight excluding hydrogens is 198 g/mol. The first-order valence-corrected chi connectivity index (χ1v) is 6.07. The van der Waals surface area contributed by atoms with Crippen LogP contribution < -0.4 is 10.2 Å². The van der Waals surface area contributed by atoms with Crippen LogP contribution in [-0.4, -0.2) is 44.7 Å². The van der Waals surface area contributed by atoms with Gasteiger partial charge in [0, 0.05) is 32.7 Å². The van der Waals surface area contributed by atoms with Crippen molar-refractivity contribution in [1.82, 2.24) is 4.90 Å². The van der Waals surface area contributed by atoms with Crippen LogP contribution in [0, 0.1) is 0 Å². The summed E-state index contributed by atoms with van der Waals surface area (Å²) in [5, 5.41) is 3.43. The van der Waals surface area contributed by atoms with Gasteiger partial charge in [0.25, 0.3) is 0 Å². The van der Waals surface area contributed by atoms with Crippen LogP contribution in [0.15, 0.2) is 24.3 Å². The van der Waals surface area contributed by atoms with Gasteiger partial charge in [-0.1, -0.05) is 12.1 Å². The Morgan fingerprint density at radius 2 is 1.81 bits per heavy atom. The molecule has 1 heterocycles. The molecule has 1 saturated heterocycles. The molecule has 1 aromatic rings. The standard InChI is InChI=1S/C13H21N3/c1-3-14-12-6-4-5-7-13(12)16-10-8-15(2)9-11-16/h4-7,14H,3,8-11H2,1-2H3. The van der Waals surface area contributed by atoms with E-state index in [1.807, 2.05) is 0 Å². The van der Waals surface area contributed by atoms with E-state index in [0.29, 0.717) is 0 Å². The molecule has 0 saturated carbocycles. The first kappa shape index (κ1) is 11.3. The summed E-state index contributed by atoms with van der Waals surface area (Å²) in [7, 11) is 2.19. The number of anilines is 2. The average molecular weight is 219 g/mol. The predicted molar refractivity (Wildman–Crippen MR) is 70.3 cm³/mol. The highest BCUT2D eigenvalue weighted by atomic mass is 15.3. The summed E-state index contributed by atoms with van der Waals surface area (Å²) in [6.07, 6.45) is 0. The van der Waals surface area contributed by atoms with E-state index < -0.39 is 0 Å². The molecule has 1 aliphatic rings. The van der Waals surface area contributed by atoms with Gasteiger partial charge < -0.3 is 15.1 Å². The lowest BCUT2D eigenvalue weighted by Crippen LogP contribution is -2.44. The summed E-state index contributed by atoms with van der Waals surface area (Å²) < 4.78 is 0. The molecule has 1 N–H and O–H groups in total. The fourth-order valence-electron chi connectivity index (χ4n) is 2.14. The third-order valence-electron chi connectivity index (χ3n) is 3.12. The number of nitrogens with one attached hydrogen (secondary N) is 1. The number of hydrogen-bond donors (Lipinski definition) is 1. The molecule has 1 fully saturated rings. The molecule has 0 amide bonds. The molecule has 88 valence electrons. The molecule has 1 aromatic carbocycles. The zero-order chi connectivity index (χ0) is 11.4. The summed E-state index contributed by atoms with van der Waals surface area (Å²) in [4.78, 5) is 4.85. The number of piperazine rings is 1. The Hall–Kier alpha value is -1.22. The molecular formula is C13H21N3. The molecule has 3 heteroatoms. The molecule has 0 atom stereocenters. The van der Waals surface area contributed by atoms with E-state index in [4.69, 9.17) is 0 Å². The lowest BCUT2D eigenvalue weighted by molar-refractivity contribution is 0.313. The Morgan fingerprint density at radius 3 is 2.50 bits per heavy atom. The minimum absolute atomic E-state index is 0.977. The van der Waals surface area contributed by atoms with E-state index >= 15 is 0 Å². The van der Waals surface area contributed by atoms with Gasteiger partial charge in [-0.3, -0.25) is 0 Å². The number of benzene rings is 1. The second kappa shape index (κ2) is 5.21. The van der Waals surface area contributed by atoms with Crippen molar-refractivity contribution in [3.8, 4) is 0 Å². The van der Waals surface area contributed by atoms with Gasteiger partial charge in [-0.2, -0.15) is 0 Å². The predicted octanol–water partition coefficient (Wildman–Crippen LogP) is 1.87. The molecule has 0 unspecified atom stereocenters. The molecule has 2 rings (SSSR count). The van der Waals surface area contributed by atoms with Crippen LogP contribution in [0.3, 0.4) is 0 Å². The molecule has 16 heavy (non-hydrogen) atoms. The Kier molecular flexibility index (Phi) is 3.67. The summed E-state index contributed by atoms with van der Waals surface area (Å²) in [6.45, 7) is 7.67. The third kappa shape index (κ3) is 2.47. The van der Waals surface area contributed by atoms with Crippen LogP contribution in [0.4, 0.5) is 11.4 Å². The Morgan fingerprint density at radius 1 is 1.12 bits per heavy atom. The van der Waals surface area contributed by atoms with Gasteiger partial charge in [0.2, 0.25) is 0 Å². The highest BCUT2D eigenvalue weighted by molar-refractivity contribution is 5.70. The van der Waals surface area contributed by atoms with Gasteiger partial charge in [-0.05, 0) is 26.1 Å². The summed E-state index contributed by atoms with van der Waals surface area (Å²) in [6, 6.07) is 8.59. The van der Waals surface area contributed by atoms with Crippen LogP contribution in [0.1, 0.15) is 6.92 Å². The van der Waals surface area contributed by atoms with Crippen LogP contribution in [0.2, 0.25) is 0 Å². The lowest BCUT2D eigenvalue weighted by Gasteiger charge is -2.35. The largest absolute Gasteiger partial charge is 0.384 e. The van der Waals surface area contributed by atoms with E-state index in [9.17, 15) is 0 Å². The fourth-order valence-corrected chi connectivity index (χ4v) is 2.14. The monoisotopic (exact) mass is 219 g/mol. The Balaban J connectivity index is 2.13. The SMILES string of the molecule is CCNc1ccccc1N1CCN(C)CC1. The topological polar surface area (TPSA) is 18.5 Å². The van der Waals surface area contributed by atoms with Crippen molar-refractivity contribution < 1.29 is 0 Å². The summed E-state index contributed by atoms with van der Waals surface area (Å²) in [5.41, 5.74) is 2.60. The quantitative estimate of drug-likeness (QED) is 0.837. The van der Waals surface area contributed by atoms with Crippen LogP contribution in [0.25, 0.3) is 0 Å². The van der Waals surface area contributed by atoms with E-state index in [-0.39, 0.29) is 0 Å². The molecule has 0 bridgehead atoms. The van der Waals surface area contributed by atoms with Crippen molar-refractivity contribution in [2.45, 2.75) is 6.92 Å². The van der Waals surface area contributed by atoms with Crippen molar-refractivity contribution in [1.29, 1.82) is 0 Å². The molecule has 0 aliphatic carbocycles. The Labute approximate surface area is 98.0 Å². The van der Waals surface area contributed by atoms with E-state index in [2.05, 4.69) is 53.4 Å². The van der Waals surface area contributed by atoms with Gasteiger partial charge >= 0.3 is 0 Å². The van der Waals surface area contributed by atoms with Crippen molar-refractivity contribution in [3.05, 3.63) is 24.3 Å². The van der Waals surface area contributed by atoms with Crippen molar-refractivity contribution >= 4 is 11.4 Å². The van der Waals surface area contributed by atoms with Gasteiger partial charge in [0.05, 0.1) is 11.4 Å². The molecule has 0 aromatic heterocycles. The highest BCUT2D eigenvalue weighted by Gasteiger charge is 2.16. The van der Waals surface area contributed by atoms with Crippen molar-refractivity contribution in [2.75, 3.05) is 50.0 Å². The van der Waals surface area contributed by atoms with Crippen molar-refractivity contribution in [2.24, 2.45) is 0 Å². The number of hydrogen-bond acceptors (Lipinski definition) is 3. The zero-order valence-electron chi connectivity index (χ0n) is 10.2. The van der Waals surface area contributed by atoms with Crippen LogP contribution in [0.5, 0.6) is 0 Å². The first-order chi connectivity index (χ1) is 7.81. The highest BCUT2D eigenvalue weighted by Crippen LogP contribution is 2.26. The minimum Gasteiger partial charge on any atom is -0.384 e. The second-order valence-corrected chi connectivity index (χ2v) is 4.34. The van der Waals surface area contributed by atoms with Crippen LogP contribution in [-0.2, 0) is 0 Å². The number of para-hydroxylation sites is 2. The normalized spacial score (nSPS) is 17.5. The fraction of sp³-hybridized carbons (Fsp3) is 0.538.